The second-order valence-corrected chi connectivity index (χ2v) is 9.55. The van der Waals surface area contributed by atoms with Crippen LogP contribution in [0.5, 0.6) is 0 Å². The largest absolute Gasteiger partial charge is 0.272 e. The van der Waals surface area contributed by atoms with Gasteiger partial charge in [-0.2, -0.15) is 0 Å². The van der Waals surface area contributed by atoms with E-state index < -0.39 is 0 Å². The first kappa shape index (κ1) is 20.8. The molecule has 0 saturated heterocycles. The molecule has 162 valence electrons. The molecule has 6 heteroatoms. The molecule has 5 rings (SSSR count). The number of benzene rings is 2. The van der Waals surface area contributed by atoms with Gasteiger partial charge in [-0.1, -0.05) is 86.3 Å². The lowest BCUT2D eigenvalue weighted by Crippen LogP contribution is -2.40. The van der Waals surface area contributed by atoms with E-state index in [1.165, 1.54) is 5.56 Å². The van der Waals surface area contributed by atoms with Crippen LogP contribution >= 0.6 is 11.8 Å². The van der Waals surface area contributed by atoms with Crippen molar-refractivity contribution in [1.29, 1.82) is 0 Å². The summed E-state index contributed by atoms with van der Waals surface area (Å²) in [6, 6.07) is 18.5. The molecule has 2 heterocycles. The van der Waals surface area contributed by atoms with Gasteiger partial charge in [0, 0.05) is 22.3 Å². The average molecular weight is 443 g/mol. The molecule has 1 unspecified atom stereocenters. The molecule has 4 aromatic rings. The van der Waals surface area contributed by atoms with Crippen LogP contribution in [-0.4, -0.2) is 24.9 Å². The molecule has 0 fully saturated rings. The SMILES string of the molecule is C=CCSc1nnc2n(Cc3ccccc3)c(=O)c3c(n12)-c1ccccc1CC3(C)CC. The van der Waals surface area contributed by atoms with Gasteiger partial charge >= 0.3 is 0 Å². The zero-order valence-electron chi connectivity index (χ0n) is 18.4. The van der Waals surface area contributed by atoms with E-state index in [9.17, 15) is 4.79 Å². The predicted molar refractivity (Wildman–Crippen MR) is 130 cm³/mol. The molecule has 0 N–H and O–H groups in total. The number of aromatic nitrogens is 4. The number of rotatable bonds is 6. The molecular formula is C26H26N4OS. The Morgan fingerprint density at radius 2 is 1.88 bits per heavy atom. The van der Waals surface area contributed by atoms with Crippen LogP contribution in [0.25, 0.3) is 17.0 Å². The van der Waals surface area contributed by atoms with Crippen LogP contribution < -0.4 is 5.56 Å². The fourth-order valence-electron chi connectivity index (χ4n) is 4.72. The van der Waals surface area contributed by atoms with Crippen LogP contribution in [0.3, 0.4) is 0 Å². The average Bonchev–Trinajstić information content (AvgIpc) is 3.24. The molecule has 0 spiro atoms. The van der Waals surface area contributed by atoms with Crippen molar-refractivity contribution >= 4 is 17.5 Å². The quantitative estimate of drug-likeness (QED) is 0.308. The van der Waals surface area contributed by atoms with Gasteiger partial charge in [-0.25, -0.2) is 0 Å². The summed E-state index contributed by atoms with van der Waals surface area (Å²) >= 11 is 1.59. The van der Waals surface area contributed by atoms with E-state index in [-0.39, 0.29) is 11.0 Å². The van der Waals surface area contributed by atoms with Crippen molar-refractivity contribution in [2.24, 2.45) is 0 Å². The highest BCUT2D eigenvalue weighted by Gasteiger charge is 2.39. The van der Waals surface area contributed by atoms with Crippen LogP contribution in [-0.2, 0) is 18.4 Å². The Hall–Kier alpha value is -3.12. The van der Waals surface area contributed by atoms with E-state index in [4.69, 9.17) is 0 Å². The lowest BCUT2D eigenvalue weighted by atomic mass is 9.69. The summed E-state index contributed by atoms with van der Waals surface area (Å²) in [6.45, 7) is 8.69. The highest BCUT2D eigenvalue weighted by Crippen LogP contribution is 2.44. The van der Waals surface area contributed by atoms with Gasteiger partial charge in [-0.05, 0) is 24.0 Å². The van der Waals surface area contributed by atoms with Crippen molar-refractivity contribution in [3.63, 3.8) is 0 Å². The van der Waals surface area contributed by atoms with Crippen molar-refractivity contribution in [3.8, 4) is 11.3 Å². The van der Waals surface area contributed by atoms with Gasteiger partial charge < -0.3 is 0 Å². The molecule has 0 bridgehead atoms. The molecule has 2 aromatic carbocycles. The van der Waals surface area contributed by atoms with Gasteiger partial charge in [0.25, 0.3) is 5.56 Å². The first-order valence-electron chi connectivity index (χ1n) is 11.0. The van der Waals surface area contributed by atoms with Gasteiger partial charge in [0.1, 0.15) is 0 Å². The Morgan fingerprint density at radius 3 is 2.62 bits per heavy atom. The molecule has 0 amide bonds. The van der Waals surface area contributed by atoms with Crippen LogP contribution in [0, 0.1) is 0 Å². The lowest BCUT2D eigenvalue weighted by Gasteiger charge is -2.36. The molecule has 32 heavy (non-hydrogen) atoms. The Balaban J connectivity index is 1.89. The number of nitrogens with zero attached hydrogens (tertiary/aromatic N) is 4. The van der Waals surface area contributed by atoms with Crippen LogP contribution in [0.4, 0.5) is 0 Å². The van der Waals surface area contributed by atoms with Crippen molar-refractivity contribution in [2.45, 2.75) is 43.8 Å². The van der Waals surface area contributed by atoms with Gasteiger partial charge in [0.2, 0.25) is 5.78 Å². The molecule has 0 saturated carbocycles. The monoisotopic (exact) mass is 442 g/mol. The number of thioether (sulfide) groups is 1. The molecule has 5 nitrogen and oxygen atoms in total. The zero-order valence-corrected chi connectivity index (χ0v) is 19.2. The maximum absolute atomic E-state index is 14.1. The van der Waals surface area contributed by atoms with E-state index in [1.54, 1.807) is 16.3 Å². The van der Waals surface area contributed by atoms with E-state index in [0.717, 1.165) is 46.1 Å². The van der Waals surface area contributed by atoms with Gasteiger partial charge in [0.05, 0.1) is 12.2 Å². The van der Waals surface area contributed by atoms with Gasteiger partial charge in [-0.3, -0.25) is 13.8 Å². The van der Waals surface area contributed by atoms with Crippen molar-refractivity contribution in [1.82, 2.24) is 19.2 Å². The summed E-state index contributed by atoms with van der Waals surface area (Å²) < 4.78 is 3.89. The fraction of sp³-hybridized carbons (Fsp3) is 0.269. The fourth-order valence-corrected chi connectivity index (χ4v) is 5.39. The van der Waals surface area contributed by atoms with E-state index in [0.29, 0.717) is 12.3 Å². The van der Waals surface area contributed by atoms with E-state index in [2.05, 4.69) is 53.2 Å². The number of fused-ring (bicyclic) bond motifs is 5. The highest BCUT2D eigenvalue weighted by molar-refractivity contribution is 7.99. The molecule has 1 atom stereocenters. The topological polar surface area (TPSA) is 52.2 Å². The maximum Gasteiger partial charge on any atom is 0.259 e. The van der Waals surface area contributed by atoms with Crippen molar-refractivity contribution < 1.29 is 0 Å². The standard InChI is InChI=1S/C26H26N4OS/c1-4-15-32-25-28-27-24-29(17-18-11-7-6-8-12-18)23(31)21-22(30(24)25)20-14-10-9-13-19(20)16-26(21,3)5-2/h4,6-14H,1,5,15-17H2,2-3H3. The van der Waals surface area contributed by atoms with Crippen LogP contribution in [0.1, 0.15) is 37.0 Å². The van der Waals surface area contributed by atoms with Gasteiger partial charge in [-0.15, -0.1) is 16.8 Å². The third-order valence-electron chi connectivity index (χ3n) is 6.53. The second-order valence-electron chi connectivity index (χ2n) is 8.57. The molecule has 2 aromatic heterocycles. The first-order valence-corrected chi connectivity index (χ1v) is 11.9. The Morgan fingerprint density at radius 1 is 1.12 bits per heavy atom. The summed E-state index contributed by atoms with van der Waals surface area (Å²) in [7, 11) is 0. The summed E-state index contributed by atoms with van der Waals surface area (Å²) in [5.41, 5.74) is 5.00. The van der Waals surface area contributed by atoms with E-state index >= 15 is 0 Å². The normalized spacial score (nSPS) is 17.2. The zero-order chi connectivity index (χ0) is 22.3. The minimum absolute atomic E-state index is 0.0304. The first-order chi connectivity index (χ1) is 15.6. The highest BCUT2D eigenvalue weighted by atomic mass is 32.2. The lowest BCUT2D eigenvalue weighted by molar-refractivity contribution is 0.435. The Bertz CT molecular complexity index is 1370. The molecule has 0 radical (unpaired) electrons. The molecule has 1 aliphatic rings. The summed E-state index contributed by atoms with van der Waals surface area (Å²) in [6.07, 6.45) is 3.58. The smallest absolute Gasteiger partial charge is 0.259 e. The summed E-state index contributed by atoms with van der Waals surface area (Å²) in [5, 5.41) is 9.79. The van der Waals surface area contributed by atoms with Crippen molar-refractivity contribution in [3.05, 3.63) is 94.3 Å². The Labute approximate surface area is 191 Å². The molecule has 0 aliphatic heterocycles. The van der Waals surface area contributed by atoms with Crippen LogP contribution in [0.15, 0.2) is 77.2 Å². The third kappa shape index (κ3) is 3.21. The summed E-state index contributed by atoms with van der Waals surface area (Å²) in [4.78, 5) is 14.1. The Kier molecular flexibility index (Phi) is 5.25. The number of hydrogen-bond donors (Lipinski definition) is 0. The van der Waals surface area contributed by atoms with Gasteiger partial charge in [0.15, 0.2) is 5.16 Å². The molecular weight excluding hydrogens is 416 g/mol. The van der Waals surface area contributed by atoms with E-state index in [1.807, 2.05) is 42.5 Å². The minimum atomic E-state index is -0.266. The second kappa shape index (κ2) is 8.10. The number of hydrogen-bond acceptors (Lipinski definition) is 4. The summed E-state index contributed by atoms with van der Waals surface area (Å²) in [5.74, 6) is 1.30. The van der Waals surface area contributed by atoms with Crippen LogP contribution in [0.2, 0.25) is 0 Å². The molecule has 1 aliphatic carbocycles. The van der Waals surface area contributed by atoms with Crippen molar-refractivity contribution in [2.75, 3.05) is 5.75 Å². The third-order valence-corrected chi connectivity index (χ3v) is 7.45. The minimum Gasteiger partial charge on any atom is -0.272 e. The predicted octanol–water partition coefficient (Wildman–Crippen LogP) is 5.11. The maximum atomic E-state index is 14.1.